The van der Waals surface area contributed by atoms with Crippen LogP contribution in [0.4, 0.5) is 5.13 Å². The van der Waals surface area contributed by atoms with Gasteiger partial charge >= 0.3 is 0 Å². The maximum absolute atomic E-state index is 13.0. The molecule has 1 aromatic heterocycles. The Labute approximate surface area is 192 Å². The zero-order chi connectivity index (χ0) is 20.6. The van der Waals surface area contributed by atoms with Crippen LogP contribution in [-0.4, -0.2) is 31.7 Å². The summed E-state index contributed by atoms with van der Waals surface area (Å²) in [5.41, 5.74) is 1.97. The predicted molar refractivity (Wildman–Crippen MR) is 124 cm³/mol. The van der Waals surface area contributed by atoms with Crippen molar-refractivity contribution in [2.75, 3.05) is 18.0 Å². The van der Waals surface area contributed by atoms with Crippen molar-refractivity contribution in [2.24, 2.45) is 0 Å². The molecule has 0 N–H and O–H groups in total. The Morgan fingerprint density at radius 1 is 1.10 bits per heavy atom. The highest BCUT2D eigenvalue weighted by Gasteiger charge is 2.33. The third-order valence-corrected chi connectivity index (χ3v) is 9.61. The Balaban J connectivity index is 1.48. The molecule has 1 saturated heterocycles. The molecule has 1 aliphatic heterocycles. The number of hydrogen-bond acceptors (Lipinski definition) is 5. The SMILES string of the molecule is O=S(=O)(c1cccc(Cl)c1Cl)C1CCN(c2nc(-c3cccc(Br)c3)cs2)CC1. The van der Waals surface area contributed by atoms with E-state index in [1.54, 1.807) is 23.5 Å². The topological polar surface area (TPSA) is 50.3 Å². The van der Waals surface area contributed by atoms with Crippen LogP contribution in [0.2, 0.25) is 10.0 Å². The van der Waals surface area contributed by atoms with E-state index in [4.69, 9.17) is 28.2 Å². The van der Waals surface area contributed by atoms with E-state index in [0.29, 0.717) is 25.9 Å². The fourth-order valence-electron chi connectivity index (χ4n) is 3.43. The molecular weight excluding hydrogens is 515 g/mol. The highest BCUT2D eigenvalue weighted by molar-refractivity contribution is 9.10. The van der Waals surface area contributed by atoms with Crippen molar-refractivity contribution in [3.8, 4) is 11.3 Å². The molecule has 9 heteroatoms. The van der Waals surface area contributed by atoms with E-state index in [0.717, 1.165) is 20.9 Å². The van der Waals surface area contributed by atoms with Gasteiger partial charge in [0, 0.05) is 28.5 Å². The lowest BCUT2D eigenvalue weighted by Crippen LogP contribution is -2.39. The smallest absolute Gasteiger partial charge is 0.185 e. The van der Waals surface area contributed by atoms with Gasteiger partial charge in [-0.3, -0.25) is 0 Å². The Morgan fingerprint density at radius 2 is 1.83 bits per heavy atom. The summed E-state index contributed by atoms with van der Waals surface area (Å²) in [6.45, 7) is 1.26. The van der Waals surface area contributed by atoms with Crippen LogP contribution in [0, 0.1) is 0 Å². The van der Waals surface area contributed by atoms with Gasteiger partial charge in [-0.15, -0.1) is 11.3 Å². The van der Waals surface area contributed by atoms with Crippen molar-refractivity contribution < 1.29 is 8.42 Å². The van der Waals surface area contributed by atoms with Gasteiger partial charge in [-0.05, 0) is 37.1 Å². The molecule has 1 fully saturated rings. The molecule has 0 bridgehead atoms. The second kappa shape index (κ2) is 8.55. The zero-order valence-corrected chi connectivity index (χ0v) is 19.9. The van der Waals surface area contributed by atoms with Gasteiger partial charge in [0.15, 0.2) is 15.0 Å². The van der Waals surface area contributed by atoms with Gasteiger partial charge in [0.25, 0.3) is 0 Å². The summed E-state index contributed by atoms with van der Waals surface area (Å²) < 4.78 is 27.1. The number of nitrogens with zero attached hydrogens (tertiary/aromatic N) is 2. The third-order valence-electron chi connectivity index (χ3n) is 4.99. The Morgan fingerprint density at radius 3 is 2.55 bits per heavy atom. The lowest BCUT2D eigenvalue weighted by Gasteiger charge is -2.31. The highest BCUT2D eigenvalue weighted by atomic mass is 79.9. The highest BCUT2D eigenvalue weighted by Crippen LogP contribution is 2.35. The molecule has 0 spiro atoms. The van der Waals surface area contributed by atoms with Crippen LogP contribution in [0.3, 0.4) is 0 Å². The van der Waals surface area contributed by atoms with Crippen LogP contribution in [0.5, 0.6) is 0 Å². The van der Waals surface area contributed by atoms with E-state index < -0.39 is 15.1 Å². The maximum atomic E-state index is 13.0. The number of benzene rings is 2. The first-order valence-electron chi connectivity index (χ1n) is 9.00. The average molecular weight is 532 g/mol. The molecular formula is C20H17BrCl2N2O2S2. The molecule has 152 valence electrons. The third kappa shape index (κ3) is 4.35. The fourth-order valence-corrected chi connectivity index (χ4v) is 7.22. The minimum atomic E-state index is -3.53. The van der Waals surface area contributed by atoms with Crippen molar-refractivity contribution >= 4 is 65.4 Å². The first-order valence-corrected chi connectivity index (χ1v) is 13.0. The first-order chi connectivity index (χ1) is 13.9. The number of anilines is 1. The van der Waals surface area contributed by atoms with Gasteiger partial charge < -0.3 is 4.90 Å². The normalized spacial score (nSPS) is 15.6. The molecule has 29 heavy (non-hydrogen) atoms. The molecule has 2 heterocycles. The summed E-state index contributed by atoms with van der Waals surface area (Å²) in [7, 11) is -3.53. The van der Waals surface area contributed by atoms with Crippen molar-refractivity contribution in [1.29, 1.82) is 0 Å². The first kappa shape index (κ1) is 21.1. The molecule has 3 aromatic rings. The summed E-state index contributed by atoms with van der Waals surface area (Å²) in [5, 5.41) is 2.84. The minimum absolute atomic E-state index is 0.107. The Kier molecular flexibility index (Phi) is 6.23. The number of thiazole rings is 1. The summed E-state index contributed by atoms with van der Waals surface area (Å²) in [4.78, 5) is 7.02. The standard InChI is InChI=1S/C20H17BrCl2N2O2S2/c21-14-4-1-3-13(11-14)17-12-28-20(24-17)25-9-7-15(8-10-25)29(26,27)18-6-2-5-16(22)19(18)23/h1-6,11-12,15H,7-10H2. The Hall–Kier alpha value is -1.12. The quantitative estimate of drug-likeness (QED) is 0.395. The molecule has 2 aromatic carbocycles. The minimum Gasteiger partial charge on any atom is -0.348 e. The van der Waals surface area contributed by atoms with E-state index in [-0.39, 0.29) is 14.9 Å². The largest absolute Gasteiger partial charge is 0.348 e. The van der Waals surface area contributed by atoms with Crippen LogP contribution in [0.15, 0.2) is 57.2 Å². The Bertz CT molecular complexity index is 1140. The van der Waals surface area contributed by atoms with Gasteiger partial charge in [0.2, 0.25) is 0 Å². The number of hydrogen-bond donors (Lipinski definition) is 0. The average Bonchev–Trinajstić information content (AvgIpc) is 3.20. The van der Waals surface area contributed by atoms with E-state index in [2.05, 4.69) is 20.8 Å². The van der Waals surface area contributed by atoms with Gasteiger partial charge in [0.1, 0.15) is 0 Å². The van der Waals surface area contributed by atoms with E-state index >= 15 is 0 Å². The van der Waals surface area contributed by atoms with E-state index in [9.17, 15) is 8.42 Å². The molecule has 0 aliphatic carbocycles. The molecule has 4 rings (SSSR count). The maximum Gasteiger partial charge on any atom is 0.185 e. The fraction of sp³-hybridized carbons (Fsp3) is 0.250. The molecule has 0 amide bonds. The van der Waals surface area contributed by atoms with Gasteiger partial charge in [0.05, 0.1) is 25.9 Å². The molecule has 0 saturated carbocycles. The number of sulfone groups is 1. The van der Waals surface area contributed by atoms with Crippen molar-refractivity contribution in [1.82, 2.24) is 4.98 Å². The van der Waals surface area contributed by atoms with Crippen LogP contribution in [-0.2, 0) is 9.84 Å². The lowest BCUT2D eigenvalue weighted by molar-refractivity contribution is 0.529. The van der Waals surface area contributed by atoms with Crippen molar-refractivity contribution in [2.45, 2.75) is 23.0 Å². The van der Waals surface area contributed by atoms with Crippen LogP contribution in [0.25, 0.3) is 11.3 Å². The number of aromatic nitrogens is 1. The second-order valence-corrected chi connectivity index (χ2v) is 11.5. The summed E-state index contributed by atoms with van der Waals surface area (Å²) in [5.74, 6) is 0. The number of rotatable bonds is 4. The van der Waals surface area contributed by atoms with Gasteiger partial charge in [-0.25, -0.2) is 13.4 Å². The lowest BCUT2D eigenvalue weighted by atomic mass is 10.1. The van der Waals surface area contributed by atoms with Crippen LogP contribution in [0.1, 0.15) is 12.8 Å². The second-order valence-electron chi connectivity index (χ2n) is 6.81. The predicted octanol–water partition coefficient (Wildman–Crippen LogP) is 6.32. The molecule has 1 aliphatic rings. The van der Waals surface area contributed by atoms with Crippen molar-refractivity contribution in [3.63, 3.8) is 0 Å². The molecule has 0 radical (unpaired) electrons. The van der Waals surface area contributed by atoms with Crippen LogP contribution >= 0.6 is 50.5 Å². The summed E-state index contributed by atoms with van der Waals surface area (Å²) >= 11 is 17.2. The van der Waals surface area contributed by atoms with Crippen LogP contribution < -0.4 is 4.90 Å². The van der Waals surface area contributed by atoms with E-state index in [1.165, 1.54) is 6.07 Å². The van der Waals surface area contributed by atoms with Crippen molar-refractivity contribution in [3.05, 3.63) is 62.4 Å². The summed E-state index contributed by atoms with van der Waals surface area (Å²) in [6, 6.07) is 12.8. The van der Waals surface area contributed by atoms with Gasteiger partial charge in [-0.2, -0.15) is 0 Å². The molecule has 0 unspecified atom stereocenters. The molecule has 4 nitrogen and oxygen atoms in total. The number of piperidine rings is 1. The zero-order valence-electron chi connectivity index (χ0n) is 15.2. The summed E-state index contributed by atoms with van der Waals surface area (Å²) in [6.07, 6.45) is 1.05. The molecule has 0 atom stereocenters. The monoisotopic (exact) mass is 530 g/mol. The van der Waals surface area contributed by atoms with Gasteiger partial charge in [-0.1, -0.05) is 57.3 Å². The number of halogens is 3. The van der Waals surface area contributed by atoms with E-state index in [1.807, 2.05) is 29.6 Å².